The van der Waals surface area contributed by atoms with Crippen molar-refractivity contribution >= 4 is 5.69 Å². The molecule has 0 aliphatic rings. The maximum Gasteiger partial charge on any atom is 0.356 e. The van der Waals surface area contributed by atoms with E-state index in [0.29, 0.717) is 0 Å². The van der Waals surface area contributed by atoms with Crippen LogP contribution in [0.15, 0.2) is 9.59 Å². The Hall–Kier alpha value is -2.15. The van der Waals surface area contributed by atoms with Crippen molar-refractivity contribution in [1.29, 1.82) is 0 Å². The van der Waals surface area contributed by atoms with Crippen LogP contribution < -0.4 is 11.2 Å². The molecule has 1 aromatic heterocycles. The molecule has 1 aromatic rings. The summed E-state index contributed by atoms with van der Waals surface area (Å²) in [5.41, 5.74) is -4.81. The van der Waals surface area contributed by atoms with Crippen LogP contribution in [0.3, 0.4) is 0 Å². The van der Waals surface area contributed by atoms with Gasteiger partial charge in [0.1, 0.15) is 24.1 Å². The number of alkyl halides is 1. The summed E-state index contributed by atoms with van der Waals surface area (Å²) in [6, 6.07) is 0. The highest BCUT2D eigenvalue weighted by molar-refractivity contribution is 5.33. The Morgan fingerprint density at radius 2 is 1.77 bits per heavy atom. The Morgan fingerprint density at radius 3 is 2.27 bits per heavy atom. The Labute approximate surface area is 120 Å². The van der Waals surface area contributed by atoms with Gasteiger partial charge in [0.25, 0.3) is 0 Å². The van der Waals surface area contributed by atoms with Crippen LogP contribution in [0, 0.1) is 10.1 Å². The number of H-pyrrole nitrogens is 2. The Bertz CT molecular complexity index is 644. The van der Waals surface area contributed by atoms with E-state index < -0.39 is 65.1 Å². The summed E-state index contributed by atoms with van der Waals surface area (Å²) in [7, 11) is 0. The average molecular weight is 323 g/mol. The van der Waals surface area contributed by atoms with E-state index in [0.717, 1.165) is 0 Å². The number of halogens is 1. The van der Waals surface area contributed by atoms with Crippen molar-refractivity contribution in [3.63, 3.8) is 0 Å². The summed E-state index contributed by atoms with van der Waals surface area (Å²) in [6.07, 6.45) is -8.91. The quantitative estimate of drug-likeness (QED) is 0.233. The zero-order chi connectivity index (χ0) is 17.0. The van der Waals surface area contributed by atoms with Gasteiger partial charge in [0.2, 0.25) is 0 Å². The summed E-state index contributed by atoms with van der Waals surface area (Å²) in [5.74, 6) is 0. The van der Waals surface area contributed by atoms with E-state index in [4.69, 9.17) is 10.2 Å². The van der Waals surface area contributed by atoms with Gasteiger partial charge < -0.3 is 25.4 Å². The van der Waals surface area contributed by atoms with E-state index >= 15 is 0 Å². The lowest BCUT2D eigenvalue weighted by molar-refractivity contribution is -0.387. The molecule has 0 saturated carbocycles. The summed E-state index contributed by atoms with van der Waals surface area (Å²) in [4.78, 5) is 35.2. The van der Waals surface area contributed by atoms with E-state index in [9.17, 15) is 34.3 Å². The van der Waals surface area contributed by atoms with Gasteiger partial charge in [0.05, 0.1) is 17.6 Å². The maximum atomic E-state index is 14.1. The smallest absolute Gasteiger partial charge is 0.356 e. The number of aliphatic hydroxyl groups is 4. The fourth-order valence-corrected chi connectivity index (χ4v) is 1.74. The molecule has 1 unspecified atom stereocenters. The number of aromatic nitrogens is 2. The lowest BCUT2D eigenvalue weighted by atomic mass is 10.0. The van der Waals surface area contributed by atoms with Crippen molar-refractivity contribution < 1.29 is 29.7 Å². The highest BCUT2D eigenvalue weighted by Gasteiger charge is 2.32. The van der Waals surface area contributed by atoms with E-state index in [2.05, 4.69) is 0 Å². The minimum Gasteiger partial charge on any atom is -0.394 e. The molecule has 0 radical (unpaired) electrons. The van der Waals surface area contributed by atoms with Crippen molar-refractivity contribution in [3.8, 4) is 0 Å². The number of nitrogens with one attached hydrogen (secondary N) is 2. The van der Waals surface area contributed by atoms with Gasteiger partial charge in [0.15, 0.2) is 0 Å². The maximum absolute atomic E-state index is 14.1. The van der Waals surface area contributed by atoms with Gasteiger partial charge in [-0.05, 0) is 0 Å². The van der Waals surface area contributed by atoms with Crippen LogP contribution in [-0.4, -0.2) is 60.2 Å². The second kappa shape index (κ2) is 7.22. The molecule has 0 aliphatic heterocycles. The van der Waals surface area contributed by atoms with Crippen molar-refractivity contribution in [2.45, 2.75) is 30.9 Å². The van der Waals surface area contributed by atoms with Crippen molar-refractivity contribution in [1.82, 2.24) is 9.97 Å². The van der Waals surface area contributed by atoms with E-state index in [1.807, 2.05) is 0 Å². The number of nitrogens with zero attached hydrogens (tertiary/aromatic N) is 1. The molecule has 4 atom stereocenters. The molecule has 11 nitrogen and oxygen atoms in total. The van der Waals surface area contributed by atoms with Gasteiger partial charge in [-0.2, -0.15) is 0 Å². The fourth-order valence-electron chi connectivity index (χ4n) is 1.74. The van der Waals surface area contributed by atoms with Crippen LogP contribution in [-0.2, 0) is 0 Å². The van der Waals surface area contributed by atoms with Gasteiger partial charge in [-0.25, -0.2) is 9.18 Å². The minimum atomic E-state index is -2.37. The predicted molar refractivity (Wildman–Crippen MR) is 67.9 cm³/mol. The van der Waals surface area contributed by atoms with Gasteiger partial charge >= 0.3 is 16.9 Å². The van der Waals surface area contributed by atoms with Crippen LogP contribution >= 0.6 is 0 Å². The third kappa shape index (κ3) is 3.94. The molecule has 0 amide bonds. The third-order valence-corrected chi connectivity index (χ3v) is 2.87. The third-order valence-electron chi connectivity index (χ3n) is 2.87. The standard InChI is InChI=1S/C10H14FN3O8/c11-3(1-4(16)8(18)5(17)2-15)6-7(14(21)22)9(19)13-10(20)12-6/h3-5,8,15-18H,1-2H2,(H2,12,13,19,20)/t3?,4-,5+,8-/m0/s1. The highest BCUT2D eigenvalue weighted by atomic mass is 19.1. The van der Waals surface area contributed by atoms with E-state index in [1.54, 1.807) is 9.97 Å². The molecule has 1 heterocycles. The molecule has 6 N–H and O–H groups in total. The molecule has 0 saturated heterocycles. The van der Waals surface area contributed by atoms with Crippen LogP contribution in [0.5, 0.6) is 0 Å². The fraction of sp³-hybridized carbons (Fsp3) is 0.600. The van der Waals surface area contributed by atoms with E-state index in [1.165, 1.54) is 0 Å². The first kappa shape index (κ1) is 17.9. The number of hydrogen-bond acceptors (Lipinski definition) is 8. The molecule has 0 spiro atoms. The predicted octanol–water partition coefficient (Wildman–Crippen LogP) is -2.55. The molecule has 22 heavy (non-hydrogen) atoms. The van der Waals surface area contributed by atoms with Crippen molar-refractivity contribution in [3.05, 3.63) is 36.6 Å². The molecule has 0 bridgehead atoms. The topological polar surface area (TPSA) is 190 Å². The van der Waals surface area contributed by atoms with Gasteiger partial charge in [-0.1, -0.05) is 0 Å². The monoisotopic (exact) mass is 323 g/mol. The molecular weight excluding hydrogens is 309 g/mol. The van der Waals surface area contributed by atoms with Crippen molar-refractivity contribution in [2.24, 2.45) is 0 Å². The molecule has 124 valence electrons. The molecule has 0 aliphatic carbocycles. The van der Waals surface area contributed by atoms with E-state index in [-0.39, 0.29) is 0 Å². The normalized spacial score (nSPS) is 16.8. The number of rotatable bonds is 7. The summed E-state index contributed by atoms with van der Waals surface area (Å²) >= 11 is 0. The van der Waals surface area contributed by atoms with Gasteiger partial charge in [-0.15, -0.1) is 0 Å². The Balaban J connectivity index is 3.08. The average Bonchev–Trinajstić information content (AvgIpc) is 2.43. The first-order valence-corrected chi connectivity index (χ1v) is 5.99. The summed E-state index contributed by atoms with van der Waals surface area (Å²) < 4.78 is 14.1. The number of nitro groups is 1. The number of hydrogen-bond donors (Lipinski definition) is 6. The van der Waals surface area contributed by atoms with Crippen LogP contribution in [0.25, 0.3) is 0 Å². The second-order valence-electron chi connectivity index (χ2n) is 4.44. The van der Waals surface area contributed by atoms with Gasteiger partial charge in [-0.3, -0.25) is 19.9 Å². The zero-order valence-corrected chi connectivity index (χ0v) is 11.0. The first-order valence-electron chi connectivity index (χ1n) is 5.99. The SMILES string of the molecule is O=c1[nH]c(C(F)C[C@H](O)[C@H](O)[C@H](O)CO)c([N+](=O)[O-])c(=O)[nH]1. The Morgan fingerprint density at radius 1 is 1.18 bits per heavy atom. The Kier molecular flexibility index (Phi) is 5.87. The minimum absolute atomic E-state index is 0.906. The summed E-state index contributed by atoms with van der Waals surface area (Å²) in [6.45, 7) is -0.906. The molecule has 0 fully saturated rings. The second-order valence-corrected chi connectivity index (χ2v) is 4.44. The van der Waals surface area contributed by atoms with Crippen LogP contribution in [0.2, 0.25) is 0 Å². The zero-order valence-electron chi connectivity index (χ0n) is 11.0. The molecule has 1 rings (SSSR count). The number of aliphatic hydroxyl groups excluding tert-OH is 4. The molecular formula is C10H14FN3O8. The first-order chi connectivity index (χ1) is 10.2. The number of aromatic amines is 2. The highest BCUT2D eigenvalue weighted by Crippen LogP contribution is 2.26. The van der Waals surface area contributed by atoms with Gasteiger partial charge in [0, 0.05) is 6.42 Å². The lowest BCUT2D eigenvalue weighted by Gasteiger charge is -2.22. The lowest BCUT2D eigenvalue weighted by Crippen LogP contribution is -2.40. The summed E-state index contributed by atoms with van der Waals surface area (Å²) in [5, 5.41) is 47.3. The molecule has 12 heteroatoms. The largest absolute Gasteiger partial charge is 0.394 e. The van der Waals surface area contributed by atoms with Crippen molar-refractivity contribution in [2.75, 3.05) is 6.61 Å². The van der Waals surface area contributed by atoms with Crippen LogP contribution in [0.1, 0.15) is 18.3 Å². The van der Waals surface area contributed by atoms with Crippen LogP contribution in [0.4, 0.5) is 10.1 Å². The molecule has 0 aromatic carbocycles.